The fourth-order valence-corrected chi connectivity index (χ4v) is 4.61. The molecular formula is C22H25N3O2S. The molecule has 1 saturated heterocycles. The fraction of sp³-hybridized carbons (Fsp3) is 0.364. The third-order valence-electron chi connectivity index (χ3n) is 5.42. The van der Waals surface area contributed by atoms with E-state index in [-0.39, 0.29) is 11.8 Å². The lowest BCUT2D eigenvalue weighted by Crippen LogP contribution is -2.40. The summed E-state index contributed by atoms with van der Waals surface area (Å²) in [7, 11) is 1.67. The smallest absolute Gasteiger partial charge is 0.229 e. The molecule has 28 heavy (non-hydrogen) atoms. The molecule has 0 radical (unpaired) electrons. The quantitative estimate of drug-likeness (QED) is 0.691. The van der Waals surface area contributed by atoms with E-state index in [0.29, 0.717) is 6.54 Å². The fourth-order valence-electron chi connectivity index (χ4n) is 3.58. The minimum atomic E-state index is -0.0306. The van der Waals surface area contributed by atoms with E-state index in [1.54, 1.807) is 18.4 Å². The number of aromatic nitrogens is 1. The molecule has 0 bridgehead atoms. The number of anilines is 2. The zero-order chi connectivity index (χ0) is 19.7. The summed E-state index contributed by atoms with van der Waals surface area (Å²) in [4.78, 5) is 19.8. The Morgan fingerprint density at radius 1 is 1.21 bits per heavy atom. The van der Waals surface area contributed by atoms with Crippen LogP contribution in [0.5, 0.6) is 5.75 Å². The first kappa shape index (κ1) is 18.7. The third-order valence-corrected chi connectivity index (χ3v) is 6.50. The van der Waals surface area contributed by atoms with Crippen LogP contribution in [0.25, 0.3) is 10.2 Å². The van der Waals surface area contributed by atoms with Crippen LogP contribution < -0.4 is 15.0 Å². The Labute approximate surface area is 169 Å². The number of ether oxygens (including phenoxy) is 1. The second-order valence-electron chi connectivity index (χ2n) is 7.40. The summed E-state index contributed by atoms with van der Waals surface area (Å²) < 4.78 is 6.42. The Morgan fingerprint density at radius 2 is 2.07 bits per heavy atom. The van der Waals surface area contributed by atoms with Gasteiger partial charge in [0, 0.05) is 18.8 Å². The zero-order valence-electron chi connectivity index (χ0n) is 16.5. The number of hydrogen-bond donors (Lipinski definition) is 1. The van der Waals surface area contributed by atoms with E-state index in [0.717, 1.165) is 46.2 Å². The average molecular weight is 396 g/mol. The lowest BCUT2D eigenvalue weighted by Gasteiger charge is -2.31. The van der Waals surface area contributed by atoms with E-state index in [1.165, 1.54) is 11.1 Å². The molecule has 4 rings (SSSR count). The van der Waals surface area contributed by atoms with Crippen molar-refractivity contribution >= 4 is 38.3 Å². The van der Waals surface area contributed by atoms with E-state index in [1.807, 2.05) is 36.4 Å². The predicted octanol–water partition coefficient (Wildman–Crippen LogP) is 4.78. The van der Waals surface area contributed by atoms with Crippen LogP contribution in [0.3, 0.4) is 0 Å². The van der Waals surface area contributed by atoms with Gasteiger partial charge in [0.2, 0.25) is 5.91 Å². The SMILES string of the molecule is COc1ccc2nc(N3CCCC(C(=O)Nc4ccc(C)c(C)c4)C3)sc2c1. The standard InChI is InChI=1S/C22H25N3O2S/c1-14-6-7-17(11-15(14)2)23-21(26)16-5-4-10-25(13-16)22-24-19-9-8-18(27-3)12-20(19)28-22/h6-9,11-12,16H,4-5,10,13H2,1-3H3,(H,23,26). The number of rotatable bonds is 4. The van der Waals surface area contributed by atoms with Crippen LogP contribution in [-0.4, -0.2) is 31.1 Å². The Hall–Kier alpha value is -2.60. The maximum atomic E-state index is 12.8. The van der Waals surface area contributed by atoms with E-state index in [4.69, 9.17) is 9.72 Å². The number of aryl methyl sites for hydroxylation is 2. The predicted molar refractivity (Wildman–Crippen MR) is 116 cm³/mol. The van der Waals surface area contributed by atoms with Gasteiger partial charge < -0.3 is 15.0 Å². The highest BCUT2D eigenvalue weighted by Crippen LogP contribution is 2.33. The van der Waals surface area contributed by atoms with Crippen molar-refractivity contribution in [3.63, 3.8) is 0 Å². The molecule has 6 heteroatoms. The number of hydrogen-bond acceptors (Lipinski definition) is 5. The molecule has 0 aliphatic carbocycles. The van der Waals surface area contributed by atoms with Crippen molar-refractivity contribution in [2.75, 3.05) is 30.4 Å². The van der Waals surface area contributed by atoms with Crippen molar-refractivity contribution in [3.05, 3.63) is 47.5 Å². The highest BCUT2D eigenvalue weighted by molar-refractivity contribution is 7.22. The van der Waals surface area contributed by atoms with Crippen LogP contribution in [0.1, 0.15) is 24.0 Å². The van der Waals surface area contributed by atoms with Gasteiger partial charge in [-0.15, -0.1) is 0 Å². The van der Waals surface area contributed by atoms with Gasteiger partial charge in [0.05, 0.1) is 23.2 Å². The second kappa shape index (κ2) is 7.80. The van der Waals surface area contributed by atoms with Gasteiger partial charge in [0.15, 0.2) is 5.13 Å². The van der Waals surface area contributed by atoms with Gasteiger partial charge in [-0.3, -0.25) is 4.79 Å². The van der Waals surface area contributed by atoms with Crippen LogP contribution in [0.15, 0.2) is 36.4 Å². The molecule has 1 aromatic heterocycles. The number of thiazole rings is 1. The Morgan fingerprint density at radius 3 is 2.86 bits per heavy atom. The largest absolute Gasteiger partial charge is 0.497 e. The zero-order valence-corrected chi connectivity index (χ0v) is 17.3. The number of carbonyl (C=O) groups is 1. The summed E-state index contributed by atoms with van der Waals surface area (Å²) in [6, 6.07) is 12.0. The van der Waals surface area contributed by atoms with E-state index < -0.39 is 0 Å². The molecule has 1 aliphatic rings. The van der Waals surface area contributed by atoms with Gasteiger partial charge in [0.1, 0.15) is 5.75 Å². The van der Waals surface area contributed by atoms with Crippen molar-refractivity contribution in [2.45, 2.75) is 26.7 Å². The Bertz CT molecular complexity index is 1010. The van der Waals surface area contributed by atoms with Crippen molar-refractivity contribution in [1.29, 1.82) is 0 Å². The van der Waals surface area contributed by atoms with Crippen molar-refractivity contribution in [3.8, 4) is 5.75 Å². The molecule has 1 fully saturated rings. The van der Waals surface area contributed by atoms with Crippen molar-refractivity contribution in [2.24, 2.45) is 5.92 Å². The monoisotopic (exact) mass is 395 g/mol. The van der Waals surface area contributed by atoms with Gasteiger partial charge in [0.25, 0.3) is 0 Å². The normalized spacial score (nSPS) is 17.0. The molecule has 1 amide bonds. The number of carbonyl (C=O) groups excluding carboxylic acids is 1. The van der Waals surface area contributed by atoms with Gasteiger partial charge >= 0.3 is 0 Å². The third kappa shape index (κ3) is 3.83. The van der Waals surface area contributed by atoms with Crippen LogP contribution in [0.2, 0.25) is 0 Å². The summed E-state index contributed by atoms with van der Waals surface area (Å²) in [6.07, 6.45) is 1.90. The van der Waals surface area contributed by atoms with E-state index in [9.17, 15) is 4.79 Å². The first-order valence-corrected chi connectivity index (χ1v) is 10.4. The van der Waals surface area contributed by atoms with Gasteiger partial charge in [-0.25, -0.2) is 4.98 Å². The molecule has 1 atom stereocenters. The lowest BCUT2D eigenvalue weighted by atomic mass is 9.97. The summed E-state index contributed by atoms with van der Waals surface area (Å²) >= 11 is 1.66. The molecule has 1 N–H and O–H groups in total. The number of nitrogens with zero attached hydrogens (tertiary/aromatic N) is 2. The second-order valence-corrected chi connectivity index (χ2v) is 8.41. The molecule has 0 spiro atoms. The number of amides is 1. The van der Waals surface area contributed by atoms with Crippen LogP contribution in [0, 0.1) is 19.8 Å². The maximum absolute atomic E-state index is 12.8. The molecule has 0 saturated carbocycles. The summed E-state index contributed by atoms with van der Waals surface area (Å²) in [5, 5.41) is 4.07. The van der Waals surface area contributed by atoms with Crippen LogP contribution in [0.4, 0.5) is 10.8 Å². The Balaban J connectivity index is 1.47. The first-order valence-electron chi connectivity index (χ1n) is 9.61. The number of benzene rings is 2. The average Bonchev–Trinajstić information content (AvgIpc) is 3.14. The molecule has 146 valence electrons. The summed E-state index contributed by atoms with van der Waals surface area (Å²) in [6.45, 7) is 5.78. The van der Waals surface area contributed by atoms with E-state index >= 15 is 0 Å². The number of fused-ring (bicyclic) bond motifs is 1. The maximum Gasteiger partial charge on any atom is 0.229 e. The first-order chi connectivity index (χ1) is 13.5. The van der Waals surface area contributed by atoms with Crippen LogP contribution in [-0.2, 0) is 4.79 Å². The highest BCUT2D eigenvalue weighted by atomic mass is 32.1. The molecule has 3 aromatic rings. The lowest BCUT2D eigenvalue weighted by molar-refractivity contribution is -0.120. The molecular weight excluding hydrogens is 370 g/mol. The molecule has 2 heterocycles. The van der Waals surface area contributed by atoms with Crippen LogP contribution >= 0.6 is 11.3 Å². The topological polar surface area (TPSA) is 54.5 Å². The molecule has 5 nitrogen and oxygen atoms in total. The molecule has 1 unspecified atom stereocenters. The summed E-state index contributed by atoms with van der Waals surface area (Å²) in [5.74, 6) is 0.902. The number of piperidine rings is 1. The van der Waals surface area contributed by atoms with Gasteiger partial charge in [-0.1, -0.05) is 17.4 Å². The number of nitrogens with one attached hydrogen (secondary N) is 1. The van der Waals surface area contributed by atoms with E-state index in [2.05, 4.69) is 24.1 Å². The van der Waals surface area contributed by atoms with Gasteiger partial charge in [-0.05, 0) is 68.1 Å². The molecule has 1 aliphatic heterocycles. The van der Waals surface area contributed by atoms with Crippen molar-refractivity contribution in [1.82, 2.24) is 4.98 Å². The Kier molecular flexibility index (Phi) is 5.22. The van der Waals surface area contributed by atoms with Gasteiger partial charge in [-0.2, -0.15) is 0 Å². The highest BCUT2D eigenvalue weighted by Gasteiger charge is 2.27. The molecule has 2 aromatic carbocycles. The minimum Gasteiger partial charge on any atom is -0.497 e. The van der Waals surface area contributed by atoms with Crippen molar-refractivity contribution < 1.29 is 9.53 Å². The summed E-state index contributed by atoms with van der Waals surface area (Å²) in [5.41, 5.74) is 4.27. The minimum absolute atomic E-state index is 0.0306. The number of methoxy groups -OCH3 is 1.